The molecule has 20 heavy (non-hydrogen) atoms. The largest absolute Gasteiger partial charge is 0.391 e. The molecule has 0 amide bonds. The standard InChI is InChI=1S/C14H20BrN3O2/c15-13-11(17-10-3-1-2-4-12(10)19)7-16-18(14(13)20)8-9-5-6-9/h7,9-10,12,17,19H,1-6,8H2. The lowest BCUT2D eigenvalue weighted by atomic mass is 9.92. The summed E-state index contributed by atoms with van der Waals surface area (Å²) in [7, 11) is 0. The van der Waals surface area contributed by atoms with Crippen LogP contribution in [0.2, 0.25) is 0 Å². The van der Waals surface area contributed by atoms with E-state index in [0.29, 0.717) is 22.6 Å². The summed E-state index contributed by atoms with van der Waals surface area (Å²) in [6, 6.07) is 0.0144. The van der Waals surface area contributed by atoms with Crippen LogP contribution in [0.3, 0.4) is 0 Å². The molecule has 0 aliphatic heterocycles. The quantitative estimate of drug-likeness (QED) is 0.880. The number of halogens is 1. The van der Waals surface area contributed by atoms with Crippen LogP contribution in [-0.4, -0.2) is 27.0 Å². The smallest absolute Gasteiger partial charge is 0.283 e. The molecule has 110 valence electrons. The maximum atomic E-state index is 12.2. The molecule has 0 aromatic carbocycles. The fourth-order valence-corrected chi connectivity index (χ4v) is 3.14. The van der Waals surface area contributed by atoms with Crippen LogP contribution in [0.15, 0.2) is 15.5 Å². The molecule has 0 spiro atoms. The highest BCUT2D eigenvalue weighted by Crippen LogP contribution is 2.30. The van der Waals surface area contributed by atoms with Crippen molar-refractivity contribution in [3.8, 4) is 0 Å². The molecule has 2 fully saturated rings. The first-order valence-electron chi connectivity index (χ1n) is 7.35. The highest BCUT2D eigenvalue weighted by molar-refractivity contribution is 9.10. The maximum absolute atomic E-state index is 12.2. The van der Waals surface area contributed by atoms with Crippen LogP contribution in [0.4, 0.5) is 5.69 Å². The molecule has 0 bridgehead atoms. The molecule has 6 heteroatoms. The number of anilines is 1. The van der Waals surface area contributed by atoms with Gasteiger partial charge in [-0.15, -0.1) is 0 Å². The molecule has 0 radical (unpaired) electrons. The number of nitrogens with zero attached hydrogens (tertiary/aromatic N) is 2. The Balaban J connectivity index is 1.75. The van der Waals surface area contributed by atoms with Gasteiger partial charge in [-0.3, -0.25) is 4.79 Å². The predicted octanol–water partition coefficient (Wildman–Crippen LogP) is 2.13. The van der Waals surface area contributed by atoms with E-state index in [1.807, 2.05) is 0 Å². The first-order valence-corrected chi connectivity index (χ1v) is 8.14. The lowest BCUT2D eigenvalue weighted by molar-refractivity contribution is 0.116. The van der Waals surface area contributed by atoms with E-state index < -0.39 is 0 Å². The minimum Gasteiger partial charge on any atom is -0.391 e. The van der Waals surface area contributed by atoms with E-state index >= 15 is 0 Å². The molecule has 2 atom stereocenters. The lowest BCUT2D eigenvalue weighted by Gasteiger charge is -2.29. The monoisotopic (exact) mass is 341 g/mol. The summed E-state index contributed by atoms with van der Waals surface area (Å²) < 4.78 is 2.05. The number of rotatable bonds is 4. The Labute approximate surface area is 126 Å². The van der Waals surface area contributed by atoms with Gasteiger partial charge in [-0.1, -0.05) is 12.8 Å². The highest BCUT2D eigenvalue weighted by atomic mass is 79.9. The Bertz CT molecular complexity index is 542. The van der Waals surface area contributed by atoms with Crippen molar-refractivity contribution in [2.45, 2.75) is 57.2 Å². The molecule has 3 rings (SSSR count). The average molecular weight is 342 g/mol. The summed E-state index contributed by atoms with van der Waals surface area (Å²) in [6.45, 7) is 0.712. The predicted molar refractivity (Wildman–Crippen MR) is 80.8 cm³/mol. The molecule has 2 unspecified atom stereocenters. The summed E-state index contributed by atoms with van der Waals surface area (Å²) in [5.74, 6) is 0.617. The van der Waals surface area contributed by atoms with Gasteiger partial charge in [-0.05, 0) is 47.5 Å². The average Bonchev–Trinajstić information content (AvgIpc) is 3.25. The second kappa shape index (κ2) is 5.85. The molecule has 2 saturated carbocycles. The van der Waals surface area contributed by atoms with E-state index in [4.69, 9.17) is 0 Å². The molecule has 1 aromatic heterocycles. The van der Waals surface area contributed by atoms with Crippen LogP contribution in [0.25, 0.3) is 0 Å². The van der Waals surface area contributed by atoms with E-state index in [9.17, 15) is 9.90 Å². The Morgan fingerprint density at radius 3 is 2.80 bits per heavy atom. The van der Waals surface area contributed by atoms with E-state index in [0.717, 1.165) is 25.7 Å². The molecule has 2 aliphatic carbocycles. The van der Waals surface area contributed by atoms with Crippen LogP contribution in [0.1, 0.15) is 38.5 Å². The molecular formula is C14H20BrN3O2. The summed E-state index contributed by atoms with van der Waals surface area (Å²) in [4.78, 5) is 12.2. The van der Waals surface area contributed by atoms with E-state index in [-0.39, 0.29) is 17.7 Å². The van der Waals surface area contributed by atoms with Gasteiger partial charge in [0, 0.05) is 6.54 Å². The van der Waals surface area contributed by atoms with Crippen molar-refractivity contribution in [3.05, 3.63) is 21.0 Å². The number of aliphatic hydroxyl groups is 1. The van der Waals surface area contributed by atoms with Gasteiger partial charge in [-0.25, -0.2) is 4.68 Å². The van der Waals surface area contributed by atoms with Gasteiger partial charge in [0.25, 0.3) is 5.56 Å². The molecule has 0 saturated heterocycles. The van der Waals surface area contributed by atoms with Crippen LogP contribution < -0.4 is 10.9 Å². The zero-order valence-corrected chi connectivity index (χ0v) is 13.0. The molecule has 5 nitrogen and oxygen atoms in total. The Kier molecular flexibility index (Phi) is 4.12. The van der Waals surface area contributed by atoms with Crippen molar-refractivity contribution < 1.29 is 5.11 Å². The van der Waals surface area contributed by atoms with E-state index in [1.54, 1.807) is 6.20 Å². The van der Waals surface area contributed by atoms with Gasteiger partial charge >= 0.3 is 0 Å². The lowest BCUT2D eigenvalue weighted by Crippen LogP contribution is -2.37. The van der Waals surface area contributed by atoms with Crippen molar-refractivity contribution >= 4 is 21.6 Å². The van der Waals surface area contributed by atoms with E-state index in [1.165, 1.54) is 17.5 Å². The number of hydrogen-bond acceptors (Lipinski definition) is 4. The zero-order valence-electron chi connectivity index (χ0n) is 11.4. The van der Waals surface area contributed by atoms with Crippen LogP contribution in [0.5, 0.6) is 0 Å². The van der Waals surface area contributed by atoms with Crippen molar-refractivity contribution in [3.63, 3.8) is 0 Å². The number of hydrogen-bond donors (Lipinski definition) is 2. The summed E-state index contributed by atoms with van der Waals surface area (Å²) >= 11 is 3.37. The molecule has 2 N–H and O–H groups in total. The van der Waals surface area contributed by atoms with Crippen LogP contribution in [0, 0.1) is 5.92 Å². The second-order valence-corrected chi connectivity index (χ2v) is 6.70. The fourth-order valence-electron chi connectivity index (χ4n) is 2.72. The zero-order chi connectivity index (χ0) is 14.1. The fraction of sp³-hybridized carbons (Fsp3) is 0.714. The minimum absolute atomic E-state index is 0.0144. The Hall–Kier alpha value is -0.880. The number of nitrogens with one attached hydrogen (secondary N) is 1. The highest BCUT2D eigenvalue weighted by Gasteiger charge is 2.25. The first-order chi connectivity index (χ1) is 9.65. The normalized spacial score (nSPS) is 26.5. The minimum atomic E-state index is -0.343. The Morgan fingerprint density at radius 1 is 1.35 bits per heavy atom. The third-order valence-corrected chi connectivity index (χ3v) is 4.95. The first kappa shape index (κ1) is 14.1. The van der Waals surface area contributed by atoms with Gasteiger partial charge in [0.2, 0.25) is 0 Å². The van der Waals surface area contributed by atoms with Crippen molar-refractivity contribution in [1.29, 1.82) is 0 Å². The number of aliphatic hydroxyl groups excluding tert-OH is 1. The SMILES string of the molecule is O=c1c(Br)c(NC2CCCCC2O)cnn1CC1CC1. The molecule has 1 heterocycles. The van der Waals surface area contributed by atoms with Crippen LogP contribution >= 0.6 is 15.9 Å². The van der Waals surface area contributed by atoms with Gasteiger partial charge in [0.05, 0.1) is 24.0 Å². The maximum Gasteiger partial charge on any atom is 0.283 e. The third kappa shape index (κ3) is 3.06. The van der Waals surface area contributed by atoms with Gasteiger partial charge in [0.1, 0.15) is 4.47 Å². The summed E-state index contributed by atoms with van der Waals surface area (Å²) in [5.41, 5.74) is 0.597. The summed E-state index contributed by atoms with van der Waals surface area (Å²) in [5, 5.41) is 17.5. The van der Waals surface area contributed by atoms with Gasteiger partial charge in [-0.2, -0.15) is 5.10 Å². The molecular weight excluding hydrogens is 322 g/mol. The summed E-state index contributed by atoms with van der Waals surface area (Å²) in [6.07, 6.45) is 7.67. The molecule has 2 aliphatic rings. The topological polar surface area (TPSA) is 67.2 Å². The Morgan fingerprint density at radius 2 is 2.10 bits per heavy atom. The molecule has 1 aromatic rings. The van der Waals surface area contributed by atoms with Gasteiger partial charge in [0.15, 0.2) is 0 Å². The van der Waals surface area contributed by atoms with Crippen molar-refractivity contribution in [1.82, 2.24) is 9.78 Å². The van der Waals surface area contributed by atoms with Crippen molar-refractivity contribution in [2.75, 3.05) is 5.32 Å². The van der Waals surface area contributed by atoms with Crippen LogP contribution in [-0.2, 0) is 6.54 Å². The second-order valence-electron chi connectivity index (χ2n) is 5.91. The van der Waals surface area contributed by atoms with E-state index in [2.05, 4.69) is 26.3 Å². The third-order valence-electron chi connectivity index (χ3n) is 4.18. The van der Waals surface area contributed by atoms with Gasteiger partial charge < -0.3 is 10.4 Å². The number of aromatic nitrogens is 2. The van der Waals surface area contributed by atoms with Crippen molar-refractivity contribution in [2.24, 2.45) is 5.92 Å².